The van der Waals surface area contributed by atoms with Crippen LogP contribution in [0.15, 0.2) is 17.5 Å². The summed E-state index contributed by atoms with van der Waals surface area (Å²) in [4.78, 5) is 12.1. The summed E-state index contributed by atoms with van der Waals surface area (Å²) >= 11 is 0. The van der Waals surface area contributed by atoms with E-state index in [4.69, 9.17) is 0 Å². The number of hydrogen-bond donors (Lipinski definition) is 0. The molecule has 0 N–H and O–H groups in total. The first kappa shape index (κ1) is 5.53. The van der Waals surface area contributed by atoms with E-state index in [9.17, 15) is 0 Å². The highest BCUT2D eigenvalue weighted by Gasteiger charge is 2.03. The van der Waals surface area contributed by atoms with Gasteiger partial charge in [-0.2, -0.15) is 0 Å². The van der Waals surface area contributed by atoms with E-state index in [0.717, 1.165) is 18.7 Å². The number of aromatic nitrogens is 2. The van der Waals surface area contributed by atoms with Gasteiger partial charge < -0.3 is 0 Å². The first-order valence-corrected chi connectivity index (χ1v) is 3.25. The van der Waals surface area contributed by atoms with Crippen molar-refractivity contribution in [3.05, 3.63) is 23.8 Å². The average Bonchev–Trinajstić information content (AvgIpc) is 2.05. The molecule has 0 saturated carbocycles. The van der Waals surface area contributed by atoms with Crippen molar-refractivity contribution >= 4 is 6.21 Å². The SMILES string of the molecule is C1=NCCc2cncnc21. The number of fused-ring (bicyclic) bond motifs is 1. The van der Waals surface area contributed by atoms with Crippen molar-refractivity contribution in [3.8, 4) is 0 Å². The summed E-state index contributed by atoms with van der Waals surface area (Å²) in [6.07, 6.45) is 6.19. The quantitative estimate of drug-likeness (QED) is 0.515. The second-order valence-electron chi connectivity index (χ2n) is 2.22. The monoisotopic (exact) mass is 133 g/mol. The Bertz CT molecular complexity index is 267. The lowest BCUT2D eigenvalue weighted by Crippen LogP contribution is -2.05. The highest BCUT2D eigenvalue weighted by molar-refractivity contribution is 5.79. The molecule has 3 nitrogen and oxygen atoms in total. The van der Waals surface area contributed by atoms with Gasteiger partial charge in [-0.15, -0.1) is 0 Å². The van der Waals surface area contributed by atoms with Gasteiger partial charge in [0, 0.05) is 19.0 Å². The molecule has 0 spiro atoms. The fourth-order valence-corrected chi connectivity index (χ4v) is 1.01. The number of aliphatic imine (C=N–C) groups is 1. The van der Waals surface area contributed by atoms with E-state index in [1.165, 1.54) is 5.56 Å². The van der Waals surface area contributed by atoms with Gasteiger partial charge in [0.2, 0.25) is 0 Å². The smallest absolute Gasteiger partial charge is 0.116 e. The molecule has 1 aromatic heterocycles. The maximum Gasteiger partial charge on any atom is 0.116 e. The van der Waals surface area contributed by atoms with Crippen molar-refractivity contribution in [1.29, 1.82) is 0 Å². The molecule has 0 fully saturated rings. The zero-order chi connectivity index (χ0) is 6.81. The van der Waals surface area contributed by atoms with E-state index in [-0.39, 0.29) is 0 Å². The van der Waals surface area contributed by atoms with E-state index in [0.29, 0.717) is 0 Å². The van der Waals surface area contributed by atoms with Crippen molar-refractivity contribution < 1.29 is 0 Å². The van der Waals surface area contributed by atoms with Crippen molar-refractivity contribution in [2.75, 3.05) is 6.54 Å². The molecule has 2 heterocycles. The third-order valence-corrected chi connectivity index (χ3v) is 1.55. The van der Waals surface area contributed by atoms with Gasteiger partial charge in [-0.05, 0) is 12.0 Å². The van der Waals surface area contributed by atoms with Crippen molar-refractivity contribution in [2.45, 2.75) is 6.42 Å². The van der Waals surface area contributed by atoms with Crippen LogP contribution in [0.4, 0.5) is 0 Å². The van der Waals surface area contributed by atoms with Crippen LogP contribution in [0.2, 0.25) is 0 Å². The first-order valence-electron chi connectivity index (χ1n) is 3.25. The van der Waals surface area contributed by atoms with Gasteiger partial charge in [-0.3, -0.25) is 4.99 Å². The number of rotatable bonds is 0. The number of hydrogen-bond acceptors (Lipinski definition) is 3. The third kappa shape index (κ3) is 0.795. The topological polar surface area (TPSA) is 38.1 Å². The fraction of sp³-hybridized carbons (Fsp3) is 0.286. The molecule has 0 amide bonds. The van der Waals surface area contributed by atoms with E-state index >= 15 is 0 Å². The Hall–Kier alpha value is -1.25. The predicted octanol–water partition coefficient (Wildman–Crippen LogP) is 0.452. The molecule has 0 radical (unpaired) electrons. The molecule has 0 bridgehead atoms. The Kier molecular flexibility index (Phi) is 1.20. The molecule has 10 heavy (non-hydrogen) atoms. The molecule has 1 aliphatic heterocycles. The summed E-state index contributed by atoms with van der Waals surface area (Å²) < 4.78 is 0. The van der Waals surface area contributed by atoms with Gasteiger partial charge in [-0.1, -0.05) is 0 Å². The molecule has 1 aromatic rings. The molecule has 3 heteroatoms. The molecule has 0 aromatic carbocycles. The Morgan fingerprint density at radius 1 is 1.40 bits per heavy atom. The lowest BCUT2D eigenvalue weighted by Gasteiger charge is -2.05. The molecule has 0 unspecified atom stereocenters. The van der Waals surface area contributed by atoms with Crippen LogP contribution < -0.4 is 0 Å². The Labute approximate surface area is 58.9 Å². The first-order chi connectivity index (χ1) is 4.97. The van der Waals surface area contributed by atoms with Crippen LogP contribution in [0.1, 0.15) is 11.3 Å². The normalized spacial score (nSPS) is 14.8. The van der Waals surface area contributed by atoms with Crippen LogP contribution >= 0.6 is 0 Å². The van der Waals surface area contributed by atoms with Gasteiger partial charge in [0.05, 0.1) is 5.69 Å². The molecule has 2 rings (SSSR count). The molecule has 0 saturated heterocycles. The van der Waals surface area contributed by atoms with E-state index in [1.807, 2.05) is 6.20 Å². The van der Waals surface area contributed by atoms with Crippen LogP contribution in [0.5, 0.6) is 0 Å². The van der Waals surface area contributed by atoms with Gasteiger partial charge in [-0.25, -0.2) is 9.97 Å². The maximum absolute atomic E-state index is 4.10. The molecule has 0 aliphatic carbocycles. The van der Waals surface area contributed by atoms with Gasteiger partial charge in [0.25, 0.3) is 0 Å². The molecule has 0 atom stereocenters. The van der Waals surface area contributed by atoms with Crippen LogP contribution in [0.3, 0.4) is 0 Å². The van der Waals surface area contributed by atoms with E-state index < -0.39 is 0 Å². The number of nitrogens with zero attached hydrogens (tertiary/aromatic N) is 3. The van der Waals surface area contributed by atoms with E-state index in [1.54, 1.807) is 12.5 Å². The highest BCUT2D eigenvalue weighted by atomic mass is 14.9. The Morgan fingerprint density at radius 3 is 3.30 bits per heavy atom. The maximum atomic E-state index is 4.10. The zero-order valence-corrected chi connectivity index (χ0v) is 5.49. The molecular weight excluding hydrogens is 126 g/mol. The summed E-state index contributed by atoms with van der Waals surface area (Å²) in [5.74, 6) is 0. The van der Waals surface area contributed by atoms with Gasteiger partial charge in [0.15, 0.2) is 0 Å². The third-order valence-electron chi connectivity index (χ3n) is 1.55. The largest absolute Gasteiger partial charge is 0.291 e. The summed E-state index contributed by atoms with van der Waals surface area (Å²) in [6, 6.07) is 0. The minimum absolute atomic E-state index is 0.875. The summed E-state index contributed by atoms with van der Waals surface area (Å²) in [5, 5.41) is 0. The van der Waals surface area contributed by atoms with Gasteiger partial charge in [0.1, 0.15) is 6.33 Å². The predicted molar refractivity (Wildman–Crippen MR) is 38.2 cm³/mol. The molecule has 1 aliphatic rings. The Morgan fingerprint density at radius 2 is 2.40 bits per heavy atom. The van der Waals surface area contributed by atoms with Gasteiger partial charge >= 0.3 is 0 Å². The lowest BCUT2D eigenvalue weighted by atomic mass is 10.1. The standard InChI is InChI=1S/C7H7N3/c1-2-8-4-7-6(1)3-9-5-10-7/h3-5H,1-2H2. The second kappa shape index (κ2) is 2.17. The van der Waals surface area contributed by atoms with Crippen LogP contribution in [0, 0.1) is 0 Å². The van der Waals surface area contributed by atoms with Crippen molar-refractivity contribution in [3.63, 3.8) is 0 Å². The molecule has 50 valence electrons. The lowest BCUT2D eigenvalue weighted by molar-refractivity contribution is 0.916. The minimum Gasteiger partial charge on any atom is -0.291 e. The Balaban J connectivity index is 2.54. The summed E-state index contributed by atoms with van der Waals surface area (Å²) in [7, 11) is 0. The minimum atomic E-state index is 0.875. The average molecular weight is 133 g/mol. The van der Waals surface area contributed by atoms with Crippen molar-refractivity contribution in [1.82, 2.24) is 9.97 Å². The molecular formula is C7H7N3. The zero-order valence-electron chi connectivity index (χ0n) is 5.49. The highest BCUT2D eigenvalue weighted by Crippen LogP contribution is 2.05. The van der Waals surface area contributed by atoms with Crippen LogP contribution in [-0.4, -0.2) is 22.7 Å². The van der Waals surface area contributed by atoms with E-state index in [2.05, 4.69) is 15.0 Å². The summed E-state index contributed by atoms with van der Waals surface area (Å²) in [6.45, 7) is 0.875. The van der Waals surface area contributed by atoms with Crippen molar-refractivity contribution in [2.24, 2.45) is 4.99 Å². The van der Waals surface area contributed by atoms with Crippen LogP contribution in [0.25, 0.3) is 0 Å². The second-order valence-corrected chi connectivity index (χ2v) is 2.22. The van der Waals surface area contributed by atoms with Crippen LogP contribution in [-0.2, 0) is 6.42 Å². The fourth-order valence-electron chi connectivity index (χ4n) is 1.01. The summed E-state index contributed by atoms with van der Waals surface area (Å²) in [5.41, 5.74) is 2.18.